The minimum absolute atomic E-state index is 0.397. The van der Waals surface area contributed by atoms with Crippen molar-refractivity contribution < 1.29 is 17.9 Å². The molecule has 0 bridgehead atoms. The number of nitrogens with zero attached hydrogens (tertiary/aromatic N) is 1. The molecule has 0 spiro atoms. The Bertz CT molecular complexity index is 836. The van der Waals surface area contributed by atoms with Crippen LogP contribution in [0.3, 0.4) is 0 Å². The molecule has 0 heterocycles. The highest BCUT2D eigenvalue weighted by atomic mass is 127. The Morgan fingerprint density at radius 3 is 2.16 bits per heavy atom. The van der Waals surface area contributed by atoms with Crippen LogP contribution in [-0.2, 0) is 14.8 Å². The number of halogens is 1. The number of amides is 1. The van der Waals surface area contributed by atoms with Gasteiger partial charge < -0.3 is 10.1 Å². The molecule has 0 aliphatic heterocycles. The Labute approximate surface area is 161 Å². The first-order chi connectivity index (χ1) is 11.7. The first kappa shape index (κ1) is 19.5. The molecule has 1 unspecified atom stereocenters. The van der Waals surface area contributed by atoms with Crippen LogP contribution in [0.15, 0.2) is 48.5 Å². The molecule has 8 heteroatoms. The average Bonchev–Trinajstić information content (AvgIpc) is 2.56. The number of carbonyl (C=O) groups is 1. The molecule has 1 N–H and O–H groups in total. The van der Waals surface area contributed by atoms with Gasteiger partial charge >= 0.3 is 0 Å². The SMILES string of the molecule is COc1ccc(N(C(C)C(=O)Nc2ccc(I)cc2)S(C)(=O)=O)cc1. The van der Waals surface area contributed by atoms with Crippen LogP contribution in [0, 0.1) is 3.57 Å². The molecule has 1 amide bonds. The van der Waals surface area contributed by atoms with Crippen LogP contribution < -0.4 is 14.4 Å². The van der Waals surface area contributed by atoms with Crippen LogP contribution in [0.25, 0.3) is 0 Å². The minimum atomic E-state index is -3.65. The number of hydrogen-bond acceptors (Lipinski definition) is 4. The molecule has 2 rings (SSSR count). The molecule has 0 saturated carbocycles. The second kappa shape index (κ2) is 8.05. The highest BCUT2D eigenvalue weighted by Crippen LogP contribution is 2.24. The number of benzene rings is 2. The van der Waals surface area contributed by atoms with E-state index < -0.39 is 22.0 Å². The minimum Gasteiger partial charge on any atom is -0.497 e. The molecule has 6 nitrogen and oxygen atoms in total. The fourth-order valence-electron chi connectivity index (χ4n) is 2.32. The number of anilines is 2. The zero-order valence-electron chi connectivity index (χ0n) is 14.1. The summed E-state index contributed by atoms with van der Waals surface area (Å²) in [7, 11) is -2.12. The van der Waals surface area contributed by atoms with Gasteiger partial charge in [0, 0.05) is 9.26 Å². The van der Waals surface area contributed by atoms with E-state index >= 15 is 0 Å². The van der Waals surface area contributed by atoms with Crippen molar-refractivity contribution >= 4 is 49.9 Å². The molecule has 0 aromatic heterocycles. The van der Waals surface area contributed by atoms with Crippen LogP contribution in [0.1, 0.15) is 6.92 Å². The first-order valence-electron chi connectivity index (χ1n) is 7.42. The maximum absolute atomic E-state index is 12.5. The van der Waals surface area contributed by atoms with Crippen LogP contribution in [0.2, 0.25) is 0 Å². The van der Waals surface area contributed by atoms with E-state index in [2.05, 4.69) is 27.9 Å². The van der Waals surface area contributed by atoms with Gasteiger partial charge in [-0.25, -0.2) is 8.42 Å². The Balaban J connectivity index is 2.27. The molecule has 1 atom stereocenters. The third-order valence-corrected chi connectivity index (χ3v) is 5.49. The van der Waals surface area contributed by atoms with Crippen molar-refractivity contribution in [2.75, 3.05) is 23.0 Å². The summed E-state index contributed by atoms with van der Waals surface area (Å²) >= 11 is 2.17. The maximum Gasteiger partial charge on any atom is 0.247 e. The van der Waals surface area contributed by atoms with Gasteiger partial charge in [-0.3, -0.25) is 9.10 Å². The van der Waals surface area contributed by atoms with E-state index in [-0.39, 0.29) is 0 Å². The van der Waals surface area contributed by atoms with Crippen LogP contribution in [0.5, 0.6) is 5.75 Å². The molecule has 134 valence electrons. The Kier molecular flexibility index (Phi) is 6.28. The molecule has 2 aromatic rings. The molecule has 0 radical (unpaired) electrons. The quantitative estimate of drug-likeness (QED) is 0.654. The number of rotatable bonds is 6. The zero-order chi connectivity index (χ0) is 18.6. The van der Waals surface area contributed by atoms with E-state index in [1.807, 2.05) is 12.1 Å². The van der Waals surface area contributed by atoms with Crippen molar-refractivity contribution in [1.82, 2.24) is 0 Å². The number of sulfonamides is 1. The summed E-state index contributed by atoms with van der Waals surface area (Å²) in [6, 6.07) is 12.9. The molecule has 2 aromatic carbocycles. The molecule has 0 aliphatic carbocycles. The number of carbonyl (C=O) groups excluding carboxylic acids is 1. The highest BCUT2D eigenvalue weighted by Gasteiger charge is 2.29. The predicted octanol–water partition coefficient (Wildman–Crippen LogP) is 3.09. The van der Waals surface area contributed by atoms with Gasteiger partial charge in [0.05, 0.1) is 19.1 Å². The molecule has 0 aliphatic rings. The van der Waals surface area contributed by atoms with Gasteiger partial charge in [0.25, 0.3) is 0 Å². The van der Waals surface area contributed by atoms with Crippen molar-refractivity contribution in [3.8, 4) is 5.75 Å². The Morgan fingerprint density at radius 2 is 1.68 bits per heavy atom. The summed E-state index contributed by atoms with van der Waals surface area (Å²) in [4.78, 5) is 12.5. The van der Waals surface area contributed by atoms with E-state index in [0.29, 0.717) is 17.1 Å². The largest absolute Gasteiger partial charge is 0.497 e. The van der Waals surface area contributed by atoms with Crippen molar-refractivity contribution in [1.29, 1.82) is 0 Å². The summed E-state index contributed by atoms with van der Waals surface area (Å²) < 4.78 is 31.7. The van der Waals surface area contributed by atoms with Crippen molar-refractivity contribution in [3.63, 3.8) is 0 Å². The summed E-state index contributed by atoms with van der Waals surface area (Å²) in [5.41, 5.74) is 1.01. The number of methoxy groups -OCH3 is 1. The summed E-state index contributed by atoms with van der Waals surface area (Å²) in [5, 5.41) is 2.74. The van der Waals surface area contributed by atoms with Gasteiger partial charge in [0.2, 0.25) is 15.9 Å². The predicted molar refractivity (Wildman–Crippen MR) is 108 cm³/mol. The van der Waals surface area contributed by atoms with Gasteiger partial charge in [-0.15, -0.1) is 0 Å². The second-order valence-electron chi connectivity index (χ2n) is 5.43. The molecule has 0 saturated heterocycles. The maximum atomic E-state index is 12.5. The van der Waals surface area contributed by atoms with E-state index in [1.54, 1.807) is 43.3 Å². The molecule has 25 heavy (non-hydrogen) atoms. The van der Waals surface area contributed by atoms with E-state index in [9.17, 15) is 13.2 Å². The van der Waals surface area contributed by atoms with E-state index in [4.69, 9.17) is 4.74 Å². The van der Waals surface area contributed by atoms with Crippen LogP contribution in [-0.4, -0.2) is 33.7 Å². The van der Waals surface area contributed by atoms with Gasteiger partial charge in [-0.2, -0.15) is 0 Å². The zero-order valence-corrected chi connectivity index (χ0v) is 17.0. The Morgan fingerprint density at radius 1 is 1.12 bits per heavy atom. The van der Waals surface area contributed by atoms with Gasteiger partial charge in [-0.1, -0.05) is 0 Å². The second-order valence-corrected chi connectivity index (χ2v) is 8.53. The third kappa shape index (κ3) is 5.08. The normalized spacial score (nSPS) is 12.3. The van der Waals surface area contributed by atoms with Gasteiger partial charge in [0.1, 0.15) is 11.8 Å². The summed E-state index contributed by atoms with van der Waals surface area (Å²) in [6.45, 7) is 1.55. The lowest BCUT2D eigenvalue weighted by Crippen LogP contribution is -2.45. The lowest BCUT2D eigenvalue weighted by molar-refractivity contribution is -0.116. The van der Waals surface area contributed by atoms with Crippen molar-refractivity contribution in [2.45, 2.75) is 13.0 Å². The molecular formula is C17H19IN2O4S. The summed E-state index contributed by atoms with van der Waals surface area (Å²) in [5.74, 6) is 0.190. The number of ether oxygens (including phenoxy) is 1. The summed E-state index contributed by atoms with van der Waals surface area (Å²) in [6.07, 6.45) is 1.08. The first-order valence-corrected chi connectivity index (χ1v) is 10.3. The number of hydrogen-bond donors (Lipinski definition) is 1. The van der Waals surface area contributed by atoms with Gasteiger partial charge in [0.15, 0.2) is 0 Å². The number of nitrogens with one attached hydrogen (secondary N) is 1. The van der Waals surface area contributed by atoms with Crippen molar-refractivity contribution in [3.05, 3.63) is 52.1 Å². The molecule has 0 fully saturated rings. The third-order valence-electron chi connectivity index (χ3n) is 3.53. The van der Waals surface area contributed by atoms with Crippen LogP contribution >= 0.6 is 22.6 Å². The average molecular weight is 474 g/mol. The fraction of sp³-hybridized carbons (Fsp3) is 0.235. The Hall–Kier alpha value is -1.81. The van der Waals surface area contributed by atoms with E-state index in [1.165, 1.54) is 7.11 Å². The smallest absolute Gasteiger partial charge is 0.247 e. The molecular weight excluding hydrogens is 455 g/mol. The monoisotopic (exact) mass is 474 g/mol. The topological polar surface area (TPSA) is 75.7 Å². The standard InChI is InChI=1S/C17H19IN2O4S/c1-12(17(21)19-14-6-4-13(18)5-7-14)20(25(3,22)23)15-8-10-16(24-2)11-9-15/h4-12H,1-3H3,(H,19,21). The fourth-order valence-corrected chi connectivity index (χ4v) is 3.85. The van der Waals surface area contributed by atoms with Gasteiger partial charge in [-0.05, 0) is 78.0 Å². The lowest BCUT2D eigenvalue weighted by atomic mass is 10.2. The lowest BCUT2D eigenvalue weighted by Gasteiger charge is -2.28. The highest BCUT2D eigenvalue weighted by molar-refractivity contribution is 14.1. The van der Waals surface area contributed by atoms with E-state index in [0.717, 1.165) is 14.1 Å². The van der Waals surface area contributed by atoms with Crippen molar-refractivity contribution in [2.24, 2.45) is 0 Å². The van der Waals surface area contributed by atoms with Crippen LogP contribution in [0.4, 0.5) is 11.4 Å².